The van der Waals surface area contributed by atoms with Crippen molar-refractivity contribution in [2.24, 2.45) is 11.3 Å². The molecule has 1 aromatic carbocycles. The van der Waals surface area contributed by atoms with E-state index >= 15 is 0 Å². The second-order valence-electron chi connectivity index (χ2n) is 7.19. The Balaban J connectivity index is 1.51. The van der Waals surface area contributed by atoms with E-state index in [9.17, 15) is 19.5 Å². The number of carbonyl (C=O) groups excluding carboxylic acids is 2. The van der Waals surface area contributed by atoms with Crippen LogP contribution in [0.2, 0.25) is 0 Å². The Morgan fingerprint density at radius 3 is 2.85 bits per heavy atom. The summed E-state index contributed by atoms with van der Waals surface area (Å²) >= 11 is 0. The smallest absolute Gasteiger partial charge is 0.317 e. The van der Waals surface area contributed by atoms with Crippen molar-refractivity contribution >= 4 is 23.6 Å². The van der Waals surface area contributed by atoms with Crippen LogP contribution in [0.3, 0.4) is 0 Å². The lowest BCUT2D eigenvalue weighted by atomic mass is 9.81. The summed E-state index contributed by atoms with van der Waals surface area (Å²) in [6, 6.07) is 7.19. The molecule has 2 aliphatic rings. The third kappa shape index (κ3) is 3.52. The van der Waals surface area contributed by atoms with Crippen LogP contribution in [0.25, 0.3) is 0 Å². The summed E-state index contributed by atoms with van der Waals surface area (Å²) in [5, 5.41) is 14.9. The molecule has 7 heteroatoms. The first kappa shape index (κ1) is 18.2. The predicted molar refractivity (Wildman–Crippen MR) is 96.8 cm³/mol. The summed E-state index contributed by atoms with van der Waals surface area (Å²) in [7, 11) is 0. The lowest BCUT2D eigenvalue weighted by molar-refractivity contribution is -0.149. The van der Waals surface area contributed by atoms with Gasteiger partial charge in [-0.05, 0) is 42.9 Å². The number of carbonyl (C=O) groups is 3. The molecule has 3 rings (SSSR count). The van der Waals surface area contributed by atoms with Gasteiger partial charge in [-0.25, -0.2) is 4.79 Å². The summed E-state index contributed by atoms with van der Waals surface area (Å²) in [6.07, 6.45) is 3.23. The van der Waals surface area contributed by atoms with Crippen molar-refractivity contribution in [3.63, 3.8) is 0 Å². The second kappa shape index (κ2) is 7.35. The van der Waals surface area contributed by atoms with Gasteiger partial charge in [-0.3, -0.25) is 9.59 Å². The van der Waals surface area contributed by atoms with Crippen molar-refractivity contribution in [2.75, 3.05) is 25.0 Å². The molecule has 1 heterocycles. The number of carboxylic acids is 1. The molecule has 3 amide bonds. The van der Waals surface area contributed by atoms with Crippen LogP contribution < -0.4 is 10.6 Å². The van der Waals surface area contributed by atoms with E-state index in [0.29, 0.717) is 18.7 Å². The molecule has 2 fully saturated rings. The van der Waals surface area contributed by atoms with Gasteiger partial charge in [0.05, 0.1) is 12.0 Å². The molecule has 1 aliphatic carbocycles. The van der Waals surface area contributed by atoms with Gasteiger partial charge in [0.2, 0.25) is 5.91 Å². The van der Waals surface area contributed by atoms with Gasteiger partial charge in [0.1, 0.15) is 0 Å². The number of likely N-dealkylation sites (tertiary alicyclic amines) is 1. The maximum Gasteiger partial charge on any atom is 0.317 e. The summed E-state index contributed by atoms with van der Waals surface area (Å²) < 4.78 is 0. The molecule has 26 heavy (non-hydrogen) atoms. The molecule has 0 spiro atoms. The molecule has 0 radical (unpaired) electrons. The van der Waals surface area contributed by atoms with Crippen molar-refractivity contribution in [1.29, 1.82) is 0 Å². The zero-order valence-corrected chi connectivity index (χ0v) is 15.0. The van der Waals surface area contributed by atoms with Crippen molar-refractivity contribution in [3.8, 4) is 0 Å². The number of nitrogens with zero attached hydrogens (tertiary/aromatic N) is 1. The van der Waals surface area contributed by atoms with Crippen LogP contribution in [-0.4, -0.2) is 47.5 Å². The minimum atomic E-state index is -0.816. The highest BCUT2D eigenvalue weighted by molar-refractivity contribution is 5.94. The number of carboxylic acid groups (broad SMARTS) is 1. The summed E-state index contributed by atoms with van der Waals surface area (Å²) in [4.78, 5) is 37.6. The van der Waals surface area contributed by atoms with E-state index in [1.165, 1.54) is 4.90 Å². The molecule has 0 unspecified atom stereocenters. The predicted octanol–water partition coefficient (Wildman–Crippen LogP) is 2.08. The van der Waals surface area contributed by atoms with Crippen molar-refractivity contribution < 1.29 is 19.5 Å². The number of amides is 3. The van der Waals surface area contributed by atoms with Crippen molar-refractivity contribution in [1.82, 2.24) is 10.2 Å². The number of urea groups is 1. The van der Waals surface area contributed by atoms with Crippen LogP contribution >= 0.6 is 0 Å². The van der Waals surface area contributed by atoms with Crippen LogP contribution in [0.15, 0.2) is 24.3 Å². The van der Waals surface area contributed by atoms with Gasteiger partial charge in [0, 0.05) is 18.8 Å². The quantitative estimate of drug-likeness (QED) is 0.749. The molecule has 1 saturated carbocycles. The van der Waals surface area contributed by atoms with Gasteiger partial charge < -0.3 is 20.6 Å². The highest BCUT2D eigenvalue weighted by Crippen LogP contribution is 2.48. The normalized spacial score (nSPS) is 24.2. The molecule has 1 saturated heterocycles. The summed E-state index contributed by atoms with van der Waals surface area (Å²) in [5.41, 5.74) is 1.01. The lowest BCUT2D eigenvalue weighted by Gasteiger charge is -2.23. The maximum atomic E-state index is 12.3. The molecule has 0 aromatic heterocycles. The average molecular weight is 359 g/mol. The van der Waals surface area contributed by atoms with Gasteiger partial charge in [-0.15, -0.1) is 0 Å². The average Bonchev–Trinajstić information content (AvgIpc) is 3.18. The first-order valence-electron chi connectivity index (χ1n) is 9.09. The Morgan fingerprint density at radius 2 is 2.15 bits per heavy atom. The van der Waals surface area contributed by atoms with Crippen LogP contribution in [0.4, 0.5) is 10.5 Å². The molecule has 3 N–H and O–H groups in total. The highest BCUT2D eigenvalue weighted by Gasteiger charge is 2.55. The first-order chi connectivity index (χ1) is 12.4. The zero-order valence-electron chi connectivity index (χ0n) is 15.0. The first-order valence-corrected chi connectivity index (χ1v) is 9.09. The standard InChI is InChI=1S/C19H25N3O4/c1-2-13-5-3-7-15(9-13)21-16(23)10-20-18(26)22-11-14-6-4-8-19(14,12-22)17(24)25/h3,5,7,9,14H,2,4,6,8,10-12H2,1H3,(H,20,26)(H,21,23)(H,24,25)/t14-,19+/m0/s1. The van der Waals surface area contributed by atoms with Gasteiger partial charge >= 0.3 is 12.0 Å². The summed E-state index contributed by atoms with van der Waals surface area (Å²) in [5.74, 6) is -1.11. The van der Waals surface area contributed by atoms with E-state index in [1.807, 2.05) is 25.1 Å². The zero-order chi connectivity index (χ0) is 18.7. The van der Waals surface area contributed by atoms with Crippen LogP contribution in [0.5, 0.6) is 0 Å². The number of rotatable bonds is 5. The number of hydrogen-bond acceptors (Lipinski definition) is 3. The van der Waals surface area contributed by atoms with Crippen LogP contribution in [0.1, 0.15) is 31.7 Å². The number of fused-ring (bicyclic) bond motifs is 1. The molecule has 1 aliphatic heterocycles. The molecular formula is C19H25N3O4. The van der Waals surface area contributed by atoms with Gasteiger partial charge in [-0.2, -0.15) is 0 Å². The number of aliphatic carboxylic acids is 1. The van der Waals surface area contributed by atoms with Gasteiger partial charge in [0.25, 0.3) is 0 Å². The number of nitrogens with one attached hydrogen (secondary N) is 2. The number of anilines is 1. The topological polar surface area (TPSA) is 98.7 Å². The number of benzene rings is 1. The van der Waals surface area contributed by atoms with E-state index < -0.39 is 11.4 Å². The molecule has 1 aromatic rings. The van der Waals surface area contributed by atoms with E-state index in [1.54, 1.807) is 6.07 Å². The van der Waals surface area contributed by atoms with Gasteiger partial charge in [0.15, 0.2) is 0 Å². The fourth-order valence-corrected chi connectivity index (χ4v) is 4.14. The van der Waals surface area contributed by atoms with E-state index in [0.717, 1.165) is 24.8 Å². The van der Waals surface area contributed by atoms with Gasteiger partial charge in [-0.1, -0.05) is 25.5 Å². The monoisotopic (exact) mass is 359 g/mol. The molecular weight excluding hydrogens is 334 g/mol. The third-order valence-corrected chi connectivity index (χ3v) is 5.60. The van der Waals surface area contributed by atoms with E-state index in [2.05, 4.69) is 10.6 Å². The second-order valence-corrected chi connectivity index (χ2v) is 7.19. The van der Waals surface area contributed by atoms with E-state index in [4.69, 9.17) is 0 Å². The molecule has 140 valence electrons. The fourth-order valence-electron chi connectivity index (χ4n) is 4.14. The number of aryl methyl sites for hydroxylation is 1. The van der Waals surface area contributed by atoms with Crippen LogP contribution in [0, 0.1) is 11.3 Å². The molecule has 7 nitrogen and oxygen atoms in total. The largest absolute Gasteiger partial charge is 0.481 e. The Bertz CT molecular complexity index is 720. The Hall–Kier alpha value is -2.57. The third-order valence-electron chi connectivity index (χ3n) is 5.60. The lowest BCUT2D eigenvalue weighted by Crippen LogP contribution is -2.44. The van der Waals surface area contributed by atoms with Crippen molar-refractivity contribution in [3.05, 3.63) is 29.8 Å². The minimum absolute atomic E-state index is 0.0105. The Morgan fingerprint density at radius 1 is 1.35 bits per heavy atom. The fraction of sp³-hybridized carbons (Fsp3) is 0.526. The van der Waals surface area contributed by atoms with E-state index in [-0.39, 0.29) is 30.9 Å². The SMILES string of the molecule is CCc1cccc(NC(=O)CNC(=O)N2C[C@@H]3CCC[C@@]3(C(=O)O)C2)c1. The molecule has 0 bridgehead atoms. The Kier molecular flexibility index (Phi) is 5.15. The minimum Gasteiger partial charge on any atom is -0.481 e. The number of hydrogen-bond donors (Lipinski definition) is 3. The van der Waals surface area contributed by atoms with Crippen LogP contribution in [-0.2, 0) is 16.0 Å². The maximum absolute atomic E-state index is 12.3. The molecule has 2 atom stereocenters. The summed E-state index contributed by atoms with van der Waals surface area (Å²) in [6.45, 7) is 2.56. The highest BCUT2D eigenvalue weighted by atomic mass is 16.4. The Labute approximate surface area is 152 Å². The van der Waals surface area contributed by atoms with Crippen molar-refractivity contribution in [2.45, 2.75) is 32.6 Å².